The van der Waals surface area contributed by atoms with Gasteiger partial charge in [-0.25, -0.2) is 4.79 Å². The maximum absolute atomic E-state index is 12.7. The molecule has 1 amide bonds. The van der Waals surface area contributed by atoms with Crippen molar-refractivity contribution in [1.29, 1.82) is 5.26 Å². The highest BCUT2D eigenvalue weighted by Gasteiger charge is 2.20. The van der Waals surface area contributed by atoms with Crippen LogP contribution in [0.5, 0.6) is 5.75 Å². The van der Waals surface area contributed by atoms with Gasteiger partial charge in [-0.1, -0.05) is 36.4 Å². The van der Waals surface area contributed by atoms with E-state index in [1.54, 1.807) is 60.7 Å². The van der Waals surface area contributed by atoms with Crippen LogP contribution in [0, 0.1) is 11.3 Å². The van der Waals surface area contributed by atoms with Crippen LogP contribution < -0.4 is 10.1 Å². The fraction of sp³-hybridized carbons (Fsp3) is 0.0833. The van der Waals surface area contributed by atoms with Gasteiger partial charge in [-0.05, 0) is 35.9 Å². The molecule has 0 aromatic heterocycles. The van der Waals surface area contributed by atoms with Crippen molar-refractivity contribution in [3.8, 4) is 22.9 Å². The molecule has 0 unspecified atom stereocenters. The van der Waals surface area contributed by atoms with E-state index in [0.29, 0.717) is 28.1 Å². The number of anilines is 1. The summed E-state index contributed by atoms with van der Waals surface area (Å²) in [5, 5.41) is 12.0. The number of Topliss-reactive ketones (excluding diaryl/α,β-unsaturated/α-hetero) is 1. The molecule has 7 nitrogen and oxygen atoms in total. The van der Waals surface area contributed by atoms with Gasteiger partial charge in [0.25, 0.3) is 5.91 Å². The van der Waals surface area contributed by atoms with Gasteiger partial charge in [-0.3, -0.25) is 9.59 Å². The molecule has 3 aromatic carbocycles. The lowest BCUT2D eigenvalue weighted by atomic mass is 9.96. The minimum Gasteiger partial charge on any atom is -0.482 e. The Morgan fingerprint density at radius 1 is 1.03 bits per heavy atom. The highest BCUT2D eigenvalue weighted by molar-refractivity contribution is 6.03. The largest absolute Gasteiger partial charge is 0.482 e. The van der Waals surface area contributed by atoms with Crippen LogP contribution in [0.25, 0.3) is 11.1 Å². The Morgan fingerprint density at radius 2 is 1.77 bits per heavy atom. The summed E-state index contributed by atoms with van der Waals surface area (Å²) in [6.45, 7) is -0.549. The zero-order valence-electron chi connectivity index (χ0n) is 16.3. The predicted octanol–water partition coefficient (Wildman–Crippen LogP) is 3.60. The molecule has 7 heteroatoms. The second-order valence-corrected chi connectivity index (χ2v) is 6.75. The summed E-state index contributed by atoms with van der Waals surface area (Å²) in [5.41, 5.74) is 2.51. The van der Waals surface area contributed by atoms with Crippen molar-refractivity contribution in [3.63, 3.8) is 0 Å². The molecule has 0 bridgehead atoms. The highest BCUT2D eigenvalue weighted by atomic mass is 16.5. The molecule has 1 aliphatic heterocycles. The second-order valence-electron chi connectivity index (χ2n) is 6.75. The number of benzene rings is 3. The number of nitrogens with zero attached hydrogens (tertiary/aromatic N) is 1. The molecule has 31 heavy (non-hydrogen) atoms. The van der Waals surface area contributed by atoms with E-state index in [2.05, 4.69) is 11.4 Å². The Labute approximate surface area is 177 Å². The van der Waals surface area contributed by atoms with Crippen molar-refractivity contribution < 1.29 is 23.9 Å². The number of hydrogen-bond acceptors (Lipinski definition) is 6. The SMILES string of the molecule is N#Cc1ccccc1-c1ccccc1C(=O)OCC(=O)c1ccc2c(c1)NC(=O)CO2. The van der Waals surface area contributed by atoms with Gasteiger partial charge in [0.1, 0.15) is 5.75 Å². The standard InChI is InChI=1S/C24H16N2O5/c25-12-16-5-1-2-6-17(16)18-7-3-4-8-19(18)24(29)31-13-21(27)15-9-10-22-20(11-15)26-23(28)14-30-22/h1-11H,13-14H2,(H,26,28). The van der Waals surface area contributed by atoms with Crippen molar-refractivity contribution in [1.82, 2.24) is 0 Å². The molecular formula is C24H16N2O5. The minimum absolute atomic E-state index is 0.0771. The Bertz CT molecular complexity index is 1240. The molecule has 0 saturated carbocycles. The van der Waals surface area contributed by atoms with Crippen molar-refractivity contribution >= 4 is 23.3 Å². The van der Waals surface area contributed by atoms with Gasteiger partial charge in [0.2, 0.25) is 0 Å². The van der Waals surface area contributed by atoms with Crippen LogP contribution in [-0.2, 0) is 9.53 Å². The average molecular weight is 412 g/mol. The first kappa shape index (κ1) is 19.9. The Kier molecular flexibility index (Phi) is 5.45. The van der Waals surface area contributed by atoms with E-state index in [9.17, 15) is 19.6 Å². The van der Waals surface area contributed by atoms with Gasteiger partial charge in [-0.2, -0.15) is 5.26 Å². The second kappa shape index (κ2) is 8.51. The molecule has 152 valence electrons. The molecule has 1 heterocycles. The third kappa shape index (κ3) is 4.14. The number of amides is 1. The molecule has 4 rings (SSSR count). The monoisotopic (exact) mass is 412 g/mol. The number of nitriles is 1. The molecule has 3 aromatic rings. The normalized spacial score (nSPS) is 12.0. The Balaban J connectivity index is 1.51. The number of nitrogens with one attached hydrogen (secondary N) is 1. The van der Waals surface area contributed by atoms with Crippen LogP contribution >= 0.6 is 0 Å². The van der Waals surface area contributed by atoms with E-state index in [0.717, 1.165) is 0 Å². The zero-order valence-corrected chi connectivity index (χ0v) is 16.3. The van der Waals surface area contributed by atoms with Gasteiger partial charge in [0, 0.05) is 11.1 Å². The summed E-state index contributed by atoms with van der Waals surface area (Å²) in [5.74, 6) is -0.937. The quantitative estimate of drug-likeness (QED) is 0.507. The maximum atomic E-state index is 12.7. The third-order valence-corrected chi connectivity index (χ3v) is 4.75. The summed E-state index contributed by atoms with van der Waals surface area (Å²) in [6.07, 6.45) is 0. The highest BCUT2D eigenvalue weighted by Crippen LogP contribution is 2.29. The van der Waals surface area contributed by atoms with Crippen molar-refractivity contribution in [2.24, 2.45) is 0 Å². The Hall–Kier alpha value is -4.44. The Morgan fingerprint density at radius 3 is 2.58 bits per heavy atom. The number of hydrogen-bond donors (Lipinski definition) is 1. The van der Waals surface area contributed by atoms with Crippen LogP contribution in [0.3, 0.4) is 0 Å². The lowest BCUT2D eigenvalue weighted by Crippen LogP contribution is -2.25. The van der Waals surface area contributed by atoms with E-state index in [1.807, 2.05) is 0 Å². The molecule has 0 aliphatic carbocycles. The number of fused-ring (bicyclic) bond motifs is 1. The molecule has 1 aliphatic rings. The van der Waals surface area contributed by atoms with E-state index >= 15 is 0 Å². The number of ketones is 1. The van der Waals surface area contributed by atoms with E-state index in [1.165, 1.54) is 6.07 Å². The van der Waals surface area contributed by atoms with E-state index in [4.69, 9.17) is 9.47 Å². The summed E-state index contributed by atoms with van der Waals surface area (Å²) in [4.78, 5) is 36.7. The molecule has 0 spiro atoms. The molecule has 1 N–H and O–H groups in total. The van der Waals surface area contributed by atoms with Gasteiger partial charge in [-0.15, -0.1) is 0 Å². The van der Waals surface area contributed by atoms with E-state index < -0.39 is 18.4 Å². The molecule has 0 atom stereocenters. The van der Waals surface area contributed by atoms with Crippen LogP contribution in [0.15, 0.2) is 66.7 Å². The number of ether oxygens (including phenoxy) is 2. The van der Waals surface area contributed by atoms with E-state index in [-0.39, 0.29) is 23.6 Å². The maximum Gasteiger partial charge on any atom is 0.339 e. The van der Waals surface area contributed by atoms with Gasteiger partial charge in [0.05, 0.1) is 22.9 Å². The van der Waals surface area contributed by atoms with Crippen LogP contribution in [0.2, 0.25) is 0 Å². The van der Waals surface area contributed by atoms with Crippen LogP contribution in [-0.4, -0.2) is 30.9 Å². The smallest absolute Gasteiger partial charge is 0.339 e. The summed E-state index contributed by atoms with van der Waals surface area (Å²) in [6, 6.07) is 20.4. The van der Waals surface area contributed by atoms with Crippen LogP contribution in [0.4, 0.5) is 5.69 Å². The number of carbonyl (C=O) groups is 3. The predicted molar refractivity (Wildman–Crippen MR) is 112 cm³/mol. The van der Waals surface area contributed by atoms with Gasteiger partial charge >= 0.3 is 5.97 Å². The first-order valence-electron chi connectivity index (χ1n) is 9.42. The van der Waals surface area contributed by atoms with Crippen molar-refractivity contribution in [3.05, 3.63) is 83.4 Å². The fourth-order valence-electron chi connectivity index (χ4n) is 3.26. The van der Waals surface area contributed by atoms with Crippen LogP contribution in [0.1, 0.15) is 26.3 Å². The molecule has 0 saturated heterocycles. The summed E-state index contributed by atoms with van der Waals surface area (Å²) >= 11 is 0. The summed E-state index contributed by atoms with van der Waals surface area (Å²) in [7, 11) is 0. The van der Waals surface area contributed by atoms with Gasteiger partial charge < -0.3 is 14.8 Å². The number of rotatable bonds is 5. The fourth-order valence-corrected chi connectivity index (χ4v) is 3.26. The topological polar surface area (TPSA) is 105 Å². The first-order valence-corrected chi connectivity index (χ1v) is 9.42. The lowest BCUT2D eigenvalue weighted by Gasteiger charge is -2.18. The minimum atomic E-state index is -0.675. The third-order valence-electron chi connectivity index (χ3n) is 4.75. The average Bonchev–Trinajstić information content (AvgIpc) is 2.81. The summed E-state index contributed by atoms with van der Waals surface area (Å²) < 4.78 is 10.5. The van der Waals surface area contributed by atoms with Crippen molar-refractivity contribution in [2.75, 3.05) is 18.5 Å². The molecular weight excluding hydrogens is 396 g/mol. The van der Waals surface area contributed by atoms with Crippen molar-refractivity contribution in [2.45, 2.75) is 0 Å². The first-order chi connectivity index (χ1) is 15.1. The molecule has 0 radical (unpaired) electrons. The zero-order chi connectivity index (χ0) is 21.8. The van der Waals surface area contributed by atoms with Gasteiger partial charge in [0.15, 0.2) is 19.0 Å². The number of carbonyl (C=O) groups excluding carboxylic acids is 3. The number of esters is 1. The lowest BCUT2D eigenvalue weighted by molar-refractivity contribution is -0.118. The molecule has 0 fully saturated rings.